The molecule has 1 aliphatic heterocycles. The van der Waals surface area contributed by atoms with Gasteiger partial charge in [-0.2, -0.15) is 0 Å². The Balaban J connectivity index is 0.00000220. The summed E-state index contributed by atoms with van der Waals surface area (Å²) < 4.78 is 30.7. The minimum Gasteiger partial charge on any atom is -0.448 e. The fourth-order valence-electron chi connectivity index (χ4n) is 2.19. The number of hydrogen-bond acceptors (Lipinski definition) is 5. The predicted molar refractivity (Wildman–Crippen MR) is 80.3 cm³/mol. The van der Waals surface area contributed by atoms with Crippen molar-refractivity contribution in [2.24, 2.45) is 0 Å². The fraction of sp³-hybridized carbons (Fsp3) is 0.583. The third kappa shape index (κ3) is 3.76. The summed E-state index contributed by atoms with van der Waals surface area (Å²) in [7, 11) is -2.38. The lowest BCUT2D eigenvalue weighted by Crippen LogP contribution is -2.51. The Kier molecular flexibility index (Phi) is 5.80. The summed E-state index contributed by atoms with van der Waals surface area (Å²) in [6, 6.07) is 1.51. The molecule has 120 valence electrons. The molecule has 9 heteroatoms. The van der Waals surface area contributed by atoms with E-state index in [4.69, 9.17) is 4.42 Å². The van der Waals surface area contributed by atoms with Crippen LogP contribution in [0, 0.1) is 6.92 Å². The number of nitrogens with one attached hydrogen (secondary N) is 2. The van der Waals surface area contributed by atoms with Gasteiger partial charge in [-0.15, -0.1) is 12.4 Å². The summed E-state index contributed by atoms with van der Waals surface area (Å²) in [5.74, 6) is 0.118. The highest BCUT2D eigenvalue weighted by molar-refractivity contribution is 7.89. The van der Waals surface area contributed by atoms with Crippen molar-refractivity contribution in [3.05, 3.63) is 17.4 Å². The van der Waals surface area contributed by atoms with Crippen LogP contribution < -0.4 is 10.0 Å². The lowest BCUT2D eigenvalue weighted by Gasteiger charge is -2.31. The van der Waals surface area contributed by atoms with Crippen LogP contribution in [-0.4, -0.2) is 51.9 Å². The van der Waals surface area contributed by atoms with Crippen molar-refractivity contribution in [2.45, 2.75) is 25.0 Å². The van der Waals surface area contributed by atoms with Gasteiger partial charge < -0.3 is 14.6 Å². The van der Waals surface area contributed by atoms with Crippen LogP contribution in [0.1, 0.15) is 23.0 Å². The van der Waals surface area contributed by atoms with Crippen molar-refractivity contribution in [3.8, 4) is 0 Å². The van der Waals surface area contributed by atoms with Crippen LogP contribution in [0.15, 0.2) is 15.6 Å². The highest BCUT2D eigenvalue weighted by atomic mass is 35.5. The number of halogens is 1. The molecule has 0 spiro atoms. The quantitative estimate of drug-likeness (QED) is 0.830. The molecule has 1 saturated heterocycles. The van der Waals surface area contributed by atoms with Crippen LogP contribution in [0.5, 0.6) is 0 Å². The molecule has 0 aromatic carbocycles. The molecule has 21 heavy (non-hydrogen) atoms. The zero-order chi connectivity index (χ0) is 14.9. The topological polar surface area (TPSA) is 91.7 Å². The molecule has 1 aromatic rings. The zero-order valence-corrected chi connectivity index (χ0v) is 13.8. The SMILES string of the molecule is CNS(=O)(=O)c1cc(C(=O)N2CCNC(C)C2)c(C)o1.Cl. The Bertz CT molecular complexity index is 614. The van der Waals surface area contributed by atoms with Crippen molar-refractivity contribution >= 4 is 28.3 Å². The molecule has 2 heterocycles. The van der Waals surface area contributed by atoms with E-state index >= 15 is 0 Å². The fourth-order valence-corrected chi connectivity index (χ4v) is 2.90. The van der Waals surface area contributed by atoms with Gasteiger partial charge in [-0.05, 0) is 20.9 Å². The van der Waals surface area contributed by atoms with Crippen LogP contribution >= 0.6 is 12.4 Å². The van der Waals surface area contributed by atoms with Crippen LogP contribution in [0.2, 0.25) is 0 Å². The molecule has 1 fully saturated rings. The maximum Gasteiger partial charge on any atom is 0.273 e. The molecule has 1 aliphatic rings. The molecular formula is C12H20ClN3O4S. The van der Waals surface area contributed by atoms with E-state index in [0.29, 0.717) is 24.4 Å². The first kappa shape index (κ1) is 18.0. The number of amides is 1. The molecule has 0 aliphatic carbocycles. The van der Waals surface area contributed by atoms with Crippen molar-refractivity contribution in [1.82, 2.24) is 14.9 Å². The van der Waals surface area contributed by atoms with Crippen molar-refractivity contribution < 1.29 is 17.6 Å². The lowest BCUT2D eigenvalue weighted by atomic mass is 10.2. The first-order chi connectivity index (χ1) is 9.35. The Morgan fingerprint density at radius 3 is 2.76 bits per heavy atom. The minimum atomic E-state index is -3.67. The third-order valence-electron chi connectivity index (χ3n) is 3.32. The molecule has 1 amide bonds. The average Bonchev–Trinajstić information content (AvgIpc) is 2.81. The molecule has 1 aromatic heterocycles. The molecule has 1 unspecified atom stereocenters. The zero-order valence-electron chi connectivity index (χ0n) is 12.2. The van der Waals surface area contributed by atoms with Crippen molar-refractivity contribution in [3.63, 3.8) is 0 Å². The van der Waals surface area contributed by atoms with E-state index in [-0.39, 0.29) is 29.4 Å². The van der Waals surface area contributed by atoms with Gasteiger partial charge in [-0.25, -0.2) is 13.1 Å². The van der Waals surface area contributed by atoms with E-state index in [1.54, 1.807) is 11.8 Å². The normalized spacial score (nSPS) is 19.2. The van der Waals surface area contributed by atoms with Gasteiger partial charge in [0.05, 0.1) is 5.56 Å². The Morgan fingerprint density at radius 1 is 1.52 bits per heavy atom. The second kappa shape index (κ2) is 6.78. The van der Waals surface area contributed by atoms with Gasteiger partial charge in [0.25, 0.3) is 15.9 Å². The van der Waals surface area contributed by atoms with Crippen molar-refractivity contribution in [1.29, 1.82) is 0 Å². The summed E-state index contributed by atoms with van der Waals surface area (Å²) in [6.07, 6.45) is 0. The van der Waals surface area contributed by atoms with Gasteiger partial charge >= 0.3 is 0 Å². The van der Waals surface area contributed by atoms with Gasteiger partial charge in [-0.3, -0.25) is 4.79 Å². The number of rotatable bonds is 3. The number of aryl methyl sites for hydroxylation is 1. The number of nitrogens with zero attached hydrogens (tertiary/aromatic N) is 1. The molecule has 7 nitrogen and oxygen atoms in total. The molecular weight excluding hydrogens is 318 g/mol. The summed E-state index contributed by atoms with van der Waals surface area (Å²) in [5.41, 5.74) is 0.299. The smallest absolute Gasteiger partial charge is 0.273 e. The first-order valence-electron chi connectivity index (χ1n) is 6.42. The largest absolute Gasteiger partial charge is 0.448 e. The standard InChI is InChI=1S/C12H19N3O4S.ClH/c1-8-7-15(5-4-14-8)12(16)10-6-11(19-9(10)2)20(17,18)13-3;/h6,8,13-14H,4-5,7H2,1-3H3;1H. The van der Waals surface area contributed by atoms with Crippen LogP contribution in [0.4, 0.5) is 0 Å². The highest BCUT2D eigenvalue weighted by Crippen LogP contribution is 2.21. The molecule has 2 N–H and O–H groups in total. The summed E-state index contributed by atoms with van der Waals surface area (Å²) in [6.45, 7) is 5.51. The number of piperazine rings is 1. The highest BCUT2D eigenvalue weighted by Gasteiger charge is 2.27. The van der Waals surface area contributed by atoms with Gasteiger partial charge in [0.1, 0.15) is 5.76 Å². The number of sulfonamides is 1. The summed E-state index contributed by atoms with van der Waals surface area (Å²) >= 11 is 0. The monoisotopic (exact) mass is 337 g/mol. The first-order valence-corrected chi connectivity index (χ1v) is 7.90. The number of furan rings is 1. The van der Waals surface area contributed by atoms with E-state index in [0.717, 1.165) is 6.54 Å². The second-order valence-electron chi connectivity index (χ2n) is 4.85. The van der Waals surface area contributed by atoms with Gasteiger partial charge in [-0.1, -0.05) is 0 Å². The maximum atomic E-state index is 12.4. The molecule has 0 radical (unpaired) electrons. The molecule has 0 bridgehead atoms. The Hall–Kier alpha value is -1.09. The minimum absolute atomic E-state index is 0. The predicted octanol–water partition coefficient (Wildman–Crippen LogP) is 0.352. The Labute approximate surface area is 130 Å². The Morgan fingerprint density at radius 2 is 2.19 bits per heavy atom. The van der Waals surface area contributed by atoms with Crippen LogP contribution in [0.25, 0.3) is 0 Å². The maximum absolute atomic E-state index is 12.4. The van der Waals surface area contributed by atoms with E-state index in [2.05, 4.69) is 10.0 Å². The third-order valence-corrected chi connectivity index (χ3v) is 4.58. The van der Waals surface area contributed by atoms with Crippen LogP contribution in [0.3, 0.4) is 0 Å². The summed E-state index contributed by atoms with van der Waals surface area (Å²) in [5, 5.41) is 3.02. The van der Waals surface area contributed by atoms with E-state index in [1.807, 2.05) is 6.92 Å². The van der Waals surface area contributed by atoms with Crippen molar-refractivity contribution in [2.75, 3.05) is 26.7 Å². The lowest BCUT2D eigenvalue weighted by molar-refractivity contribution is 0.0707. The summed E-state index contributed by atoms with van der Waals surface area (Å²) in [4.78, 5) is 14.1. The molecule has 2 rings (SSSR count). The number of carbonyl (C=O) groups excluding carboxylic acids is 1. The number of carbonyl (C=O) groups is 1. The molecule has 1 atom stereocenters. The van der Waals surface area contributed by atoms with Gasteiger partial charge in [0.15, 0.2) is 0 Å². The number of hydrogen-bond donors (Lipinski definition) is 2. The van der Waals surface area contributed by atoms with Gasteiger partial charge in [0, 0.05) is 31.7 Å². The van der Waals surface area contributed by atoms with Gasteiger partial charge in [0.2, 0.25) is 5.09 Å². The second-order valence-corrected chi connectivity index (χ2v) is 6.67. The molecule has 0 saturated carbocycles. The average molecular weight is 338 g/mol. The van der Waals surface area contributed by atoms with E-state index < -0.39 is 10.0 Å². The van der Waals surface area contributed by atoms with E-state index in [9.17, 15) is 13.2 Å². The van der Waals surface area contributed by atoms with E-state index in [1.165, 1.54) is 13.1 Å². The van der Waals surface area contributed by atoms with Crippen LogP contribution in [-0.2, 0) is 10.0 Å².